The van der Waals surface area contributed by atoms with E-state index in [2.05, 4.69) is 15.5 Å². The van der Waals surface area contributed by atoms with Crippen LogP contribution in [-0.4, -0.2) is 45.3 Å². The number of ether oxygens (including phenoxy) is 2. The summed E-state index contributed by atoms with van der Waals surface area (Å²) in [7, 11) is 0. The van der Waals surface area contributed by atoms with Crippen molar-refractivity contribution in [2.75, 3.05) is 5.32 Å². The van der Waals surface area contributed by atoms with Gasteiger partial charge in [-0.05, 0) is 48.0 Å². The maximum atomic E-state index is 12.5. The van der Waals surface area contributed by atoms with Crippen LogP contribution < -0.4 is 5.32 Å². The lowest BCUT2D eigenvalue weighted by Gasteiger charge is -2.38. The third-order valence-corrected chi connectivity index (χ3v) is 4.69. The summed E-state index contributed by atoms with van der Waals surface area (Å²) in [5, 5.41) is 8.29. The van der Waals surface area contributed by atoms with E-state index in [0.29, 0.717) is 12.8 Å². The highest BCUT2D eigenvalue weighted by Crippen LogP contribution is 2.38. The van der Waals surface area contributed by atoms with Crippen LogP contribution in [0.4, 0.5) is 9.93 Å². The van der Waals surface area contributed by atoms with Gasteiger partial charge in [-0.2, -0.15) is 0 Å². The normalized spacial score (nSPS) is 16.3. The van der Waals surface area contributed by atoms with E-state index in [1.165, 1.54) is 6.92 Å². The molecule has 0 aliphatic heterocycles. The van der Waals surface area contributed by atoms with Gasteiger partial charge in [-0.3, -0.25) is 10.1 Å². The first kappa shape index (κ1) is 23.8. The summed E-state index contributed by atoms with van der Waals surface area (Å²) < 4.78 is 10.6. The predicted octanol–water partition coefficient (Wildman–Crippen LogP) is 4.06. The Kier molecular flexibility index (Phi) is 6.90. The minimum absolute atomic E-state index is 0.0432. The number of nitrogens with one attached hydrogen (secondary N) is 1. The fraction of sp³-hybridized carbons (Fsp3) is 0.650. The van der Waals surface area contributed by atoms with Gasteiger partial charge in [-0.15, -0.1) is 11.3 Å². The fourth-order valence-corrected chi connectivity index (χ4v) is 3.14. The highest BCUT2D eigenvalue weighted by Gasteiger charge is 2.50. The minimum Gasteiger partial charge on any atom is -0.457 e. The van der Waals surface area contributed by atoms with Gasteiger partial charge in [0.15, 0.2) is 16.6 Å². The Hall–Kier alpha value is -2.49. The number of carbonyl (C=O) groups excluding carboxylic acids is 3. The van der Waals surface area contributed by atoms with Crippen molar-refractivity contribution < 1.29 is 28.7 Å². The lowest BCUT2D eigenvalue weighted by molar-refractivity contribution is -0.196. The van der Waals surface area contributed by atoms with Crippen LogP contribution in [0.5, 0.6) is 0 Å². The van der Waals surface area contributed by atoms with Crippen LogP contribution in [0.1, 0.15) is 73.4 Å². The van der Waals surface area contributed by atoms with Gasteiger partial charge in [-0.1, -0.05) is 5.16 Å². The Balaban J connectivity index is 2.15. The number of amides is 1. The molecule has 1 saturated carbocycles. The Bertz CT molecular complexity index is 843. The zero-order chi connectivity index (χ0) is 22.7. The highest BCUT2D eigenvalue weighted by molar-refractivity contribution is 7.14. The third-order valence-electron chi connectivity index (χ3n) is 3.93. The molecule has 2 rings (SSSR count). The molecule has 10 heteroatoms. The van der Waals surface area contributed by atoms with E-state index in [9.17, 15) is 14.4 Å². The first-order valence-corrected chi connectivity index (χ1v) is 10.6. The zero-order valence-corrected chi connectivity index (χ0v) is 19.3. The number of hydrogen-bond acceptors (Lipinski definition) is 9. The Morgan fingerprint density at radius 1 is 1.10 bits per heavy atom. The lowest BCUT2D eigenvalue weighted by Crippen LogP contribution is -2.50. The summed E-state index contributed by atoms with van der Waals surface area (Å²) >= 11 is 1.11. The summed E-state index contributed by atoms with van der Waals surface area (Å²) in [6.45, 7) is 11.9. The number of anilines is 1. The van der Waals surface area contributed by atoms with Crippen molar-refractivity contribution in [3.63, 3.8) is 0 Å². The monoisotopic (exact) mass is 439 g/mol. The first-order chi connectivity index (χ1) is 13.7. The molecule has 1 heterocycles. The van der Waals surface area contributed by atoms with Crippen molar-refractivity contribution in [3.8, 4) is 0 Å². The van der Waals surface area contributed by atoms with Crippen molar-refractivity contribution in [3.05, 3.63) is 11.1 Å². The van der Waals surface area contributed by atoms with Crippen molar-refractivity contribution in [1.82, 2.24) is 4.98 Å². The van der Waals surface area contributed by atoms with Crippen molar-refractivity contribution in [2.24, 2.45) is 5.16 Å². The Morgan fingerprint density at radius 3 is 2.17 bits per heavy atom. The van der Waals surface area contributed by atoms with E-state index in [0.717, 1.165) is 17.8 Å². The van der Waals surface area contributed by atoms with E-state index in [4.69, 9.17) is 14.3 Å². The van der Waals surface area contributed by atoms with Crippen LogP contribution >= 0.6 is 11.3 Å². The second kappa shape index (κ2) is 8.71. The molecule has 30 heavy (non-hydrogen) atoms. The second-order valence-corrected chi connectivity index (χ2v) is 9.96. The highest BCUT2D eigenvalue weighted by atomic mass is 32.1. The molecule has 166 valence electrons. The van der Waals surface area contributed by atoms with Gasteiger partial charge in [0, 0.05) is 25.1 Å². The molecule has 0 aromatic carbocycles. The molecule has 1 aromatic rings. The second-order valence-electron chi connectivity index (χ2n) is 9.10. The maximum Gasteiger partial charge on any atom is 0.413 e. The van der Waals surface area contributed by atoms with E-state index in [-0.39, 0.29) is 22.3 Å². The average Bonchev–Trinajstić information content (AvgIpc) is 2.93. The number of thiazole rings is 1. The maximum absolute atomic E-state index is 12.5. The van der Waals surface area contributed by atoms with E-state index < -0.39 is 28.9 Å². The van der Waals surface area contributed by atoms with Gasteiger partial charge in [0.2, 0.25) is 5.60 Å². The molecule has 0 radical (unpaired) electrons. The number of nitrogens with zero attached hydrogens (tertiary/aromatic N) is 2. The summed E-state index contributed by atoms with van der Waals surface area (Å²) in [5.74, 6) is -0.888. The Morgan fingerprint density at radius 2 is 1.70 bits per heavy atom. The number of carbonyl (C=O) groups is 3. The van der Waals surface area contributed by atoms with Gasteiger partial charge < -0.3 is 14.3 Å². The molecule has 0 saturated heterocycles. The number of ketones is 1. The largest absolute Gasteiger partial charge is 0.457 e. The fourth-order valence-electron chi connectivity index (χ4n) is 2.46. The van der Waals surface area contributed by atoms with E-state index >= 15 is 0 Å². The topological polar surface area (TPSA) is 116 Å². The number of oxime groups is 1. The van der Waals surface area contributed by atoms with Crippen LogP contribution in [0.25, 0.3) is 0 Å². The molecular formula is C20H29N3O6S. The standard InChI is InChI=1S/C20H29N3O6S/c1-12(24)14(13-11-30-16(21-13)22-17(26)28-19(5,6)7)23-29-20(9-8-10-20)15(25)27-18(2,3)4/h11H,8-10H2,1-7H3,(H,21,22,26)/b23-14+. The predicted molar refractivity (Wildman–Crippen MR) is 113 cm³/mol. The molecule has 0 spiro atoms. The third kappa shape index (κ3) is 6.51. The molecule has 1 aliphatic rings. The molecular weight excluding hydrogens is 410 g/mol. The molecule has 9 nitrogen and oxygen atoms in total. The van der Waals surface area contributed by atoms with E-state index in [1.54, 1.807) is 46.9 Å². The van der Waals surface area contributed by atoms with Crippen molar-refractivity contribution >= 4 is 40.0 Å². The molecule has 1 fully saturated rings. The van der Waals surface area contributed by atoms with Crippen molar-refractivity contribution in [2.45, 2.75) is 84.5 Å². The molecule has 0 bridgehead atoms. The first-order valence-electron chi connectivity index (χ1n) is 9.67. The number of aromatic nitrogens is 1. The summed E-state index contributed by atoms with van der Waals surface area (Å²) in [6.07, 6.45) is 1.06. The smallest absolute Gasteiger partial charge is 0.413 e. The van der Waals surface area contributed by atoms with Gasteiger partial charge >= 0.3 is 12.1 Å². The zero-order valence-electron chi connectivity index (χ0n) is 18.5. The molecule has 1 N–H and O–H groups in total. The van der Waals surface area contributed by atoms with Gasteiger partial charge in [0.1, 0.15) is 16.9 Å². The number of Topliss-reactive ketones (excluding diaryl/α,β-unsaturated/α-hetero) is 1. The van der Waals surface area contributed by atoms with Crippen LogP contribution in [-0.2, 0) is 23.9 Å². The van der Waals surface area contributed by atoms with E-state index in [1.807, 2.05) is 0 Å². The van der Waals surface area contributed by atoms with Crippen LogP contribution in [0, 0.1) is 0 Å². The van der Waals surface area contributed by atoms with Crippen LogP contribution in [0.15, 0.2) is 10.5 Å². The molecule has 1 aromatic heterocycles. The minimum atomic E-state index is -1.19. The molecule has 0 atom stereocenters. The summed E-state index contributed by atoms with van der Waals surface area (Å²) in [6, 6.07) is 0. The Labute approximate surface area is 180 Å². The SMILES string of the molecule is CC(=O)/C(=N\OC1(C(=O)OC(C)(C)C)CCC1)c1csc(NC(=O)OC(C)(C)C)n1. The van der Waals surface area contributed by atoms with Gasteiger partial charge in [0.05, 0.1) is 0 Å². The summed E-state index contributed by atoms with van der Waals surface area (Å²) in [4.78, 5) is 46.3. The van der Waals surface area contributed by atoms with Crippen LogP contribution in [0.3, 0.4) is 0 Å². The van der Waals surface area contributed by atoms with Gasteiger partial charge in [-0.25, -0.2) is 14.6 Å². The van der Waals surface area contributed by atoms with Crippen LogP contribution in [0.2, 0.25) is 0 Å². The van der Waals surface area contributed by atoms with Gasteiger partial charge in [0.25, 0.3) is 0 Å². The lowest BCUT2D eigenvalue weighted by atomic mass is 9.80. The van der Waals surface area contributed by atoms with Crippen molar-refractivity contribution in [1.29, 1.82) is 0 Å². The average molecular weight is 440 g/mol. The molecule has 1 aliphatic carbocycles. The number of esters is 1. The quantitative estimate of drug-likeness (QED) is 0.403. The molecule has 1 amide bonds. The number of hydrogen-bond donors (Lipinski definition) is 1. The molecule has 0 unspecified atom stereocenters. The summed E-state index contributed by atoms with van der Waals surface area (Å²) in [5.41, 5.74) is -2.31. The number of rotatable bonds is 6.